The largest absolute Gasteiger partial charge is 0.455 e. The molecule has 0 saturated carbocycles. The van der Waals surface area contributed by atoms with Crippen LogP contribution in [-0.4, -0.2) is 127 Å². The first-order valence-corrected chi connectivity index (χ1v) is 18.3. The van der Waals surface area contributed by atoms with Crippen molar-refractivity contribution in [3.8, 4) is 0 Å². The van der Waals surface area contributed by atoms with E-state index in [1.165, 1.54) is 0 Å². The molecule has 4 heterocycles. The number of unbranched alkanes of at least 4 members (excludes halogenated alkanes) is 3. The van der Waals surface area contributed by atoms with E-state index in [9.17, 15) is 24.3 Å². The Balaban J connectivity index is 1.38. The van der Waals surface area contributed by atoms with Gasteiger partial charge in [0.1, 0.15) is 17.7 Å². The Labute approximate surface area is 295 Å². The number of carbonyl (C=O) groups is 4. The topological polar surface area (TPSA) is 138 Å². The minimum Gasteiger partial charge on any atom is -0.455 e. The molecule has 50 heavy (non-hydrogen) atoms. The van der Waals surface area contributed by atoms with Gasteiger partial charge in [0.05, 0.1) is 37.7 Å². The van der Waals surface area contributed by atoms with E-state index in [0.29, 0.717) is 71.5 Å². The molecule has 1 aromatic carbocycles. The molecule has 4 aliphatic heterocycles. The van der Waals surface area contributed by atoms with Crippen LogP contribution in [0.4, 0.5) is 0 Å². The van der Waals surface area contributed by atoms with E-state index in [0.717, 1.165) is 31.5 Å². The van der Waals surface area contributed by atoms with Crippen LogP contribution in [0.2, 0.25) is 0 Å². The number of aliphatic hydroxyl groups excluding tert-OH is 1. The number of esters is 1. The highest BCUT2D eigenvalue weighted by Crippen LogP contribution is 2.59. The van der Waals surface area contributed by atoms with Gasteiger partial charge in [-0.05, 0) is 37.7 Å². The van der Waals surface area contributed by atoms with E-state index in [4.69, 9.17) is 14.2 Å². The van der Waals surface area contributed by atoms with Crippen LogP contribution >= 0.6 is 0 Å². The average Bonchev–Trinajstić information content (AvgIpc) is 3.78. The summed E-state index contributed by atoms with van der Waals surface area (Å²) in [7, 11) is 0. The number of hydrogen-bond donors (Lipinski definition) is 2. The van der Waals surface area contributed by atoms with Gasteiger partial charge in [-0.1, -0.05) is 55.3 Å². The summed E-state index contributed by atoms with van der Waals surface area (Å²) in [6, 6.07) is 8.35. The summed E-state index contributed by atoms with van der Waals surface area (Å²) >= 11 is 0. The summed E-state index contributed by atoms with van der Waals surface area (Å²) < 4.78 is 18.3. The molecular formula is C38H54N4O8. The highest BCUT2D eigenvalue weighted by Gasteiger charge is 2.75. The third-order valence-electron chi connectivity index (χ3n) is 10.6. The van der Waals surface area contributed by atoms with E-state index in [1.54, 1.807) is 22.0 Å². The maximum atomic E-state index is 14.7. The second kappa shape index (κ2) is 18.1. The van der Waals surface area contributed by atoms with Gasteiger partial charge in [0, 0.05) is 52.3 Å². The van der Waals surface area contributed by atoms with Crippen molar-refractivity contribution in [2.75, 3.05) is 65.6 Å². The van der Waals surface area contributed by atoms with Gasteiger partial charge in [-0.3, -0.25) is 24.1 Å². The standard InChI is InChI=1S/C38H54N4O8/c1-3-5-15-31(44)39-27-30(28-13-9-8-10-14-28)49-37(47)32-29-16-17-38(50-29)33(32)35(45)42(19-11-6-7-12-24-43)34(38)36(46)41(18-4-2)21-20-40-22-25-48-26-23-40/h3-4,8-10,13-14,29-30,32-34,43H,1-2,5-7,11-12,15-27H2,(H,39,44)/t29-,30+,32+,33+,34-,38+/m0/s1. The maximum absolute atomic E-state index is 14.7. The molecular weight excluding hydrogens is 640 g/mol. The first kappa shape index (κ1) is 37.7. The summed E-state index contributed by atoms with van der Waals surface area (Å²) in [5, 5.41) is 12.1. The van der Waals surface area contributed by atoms with Crippen LogP contribution in [0.15, 0.2) is 55.6 Å². The molecule has 2 bridgehead atoms. The molecule has 12 heteroatoms. The molecule has 1 spiro atoms. The summed E-state index contributed by atoms with van der Waals surface area (Å²) in [4.78, 5) is 61.5. The van der Waals surface area contributed by atoms with Crippen LogP contribution in [0, 0.1) is 11.8 Å². The fraction of sp³-hybridized carbons (Fsp3) is 0.632. The fourth-order valence-corrected chi connectivity index (χ4v) is 8.04. The number of rotatable bonds is 20. The fourth-order valence-electron chi connectivity index (χ4n) is 8.04. The van der Waals surface area contributed by atoms with Crippen molar-refractivity contribution < 1.29 is 38.5 Å². The Kier molecular flexibility index (Phi) is 13.6. The van der Waals surface area contributed by atoms with Gasteiger partial charge in [0.2, 0.25) is 17.7 Å². The van der Waals surface area contributed by atoms with Crippen LogP contribution < -0.4 is 5.32 Å². The Morgan fingerprint density at radius 1 is 1.08 bits per heavy atom. The number of ether oxygens (including phenoxy) is 3. The van der Waals surface area contributed by atoms with Crippen LogP contribution in [0.5, 0.6) is 0 Å². The Hall–Kier alpha value is -3.58. The Morgan fingerprint density at radius 3 is 2.56 bits per heavy atom. The molecule has 1 aromatic rings. The number of morpholine rings is 1. The molecule has 0 aliphatic carbocycles. The van der Waals surface area contributed by atoms with Crippen LogP contribution in [0.25, 0.3) is 0 Å². The van der Waals surface area contributed by atoms with Gasteiger partial charge >= 0.3 is 5.97 Å². The van der Waals surface area contributed by atoms with Gasteiger partial charge in [-0.2, -0.15) is 0 Å². The molecule has 0 unspecified atom stereocenters. The lowest BCUT2D eigenvalue weighted by Crippen LogP contribution is -2.57. The zero-order valence-corrected chi connectivity index (χ0v) is 29.2. The van der Waals surface area contributed by atoms with Crippen molar-refractivity contribution in [2.45, 2.75) is 75.2 Å². The first-order valence-electron chi connectivity index (χ1n) is 18.3. The predicted molar refractivity (Wildman–Crippen MR) is 187 cm³/mol. The maximum Gasteiger partial charge on any atom is 0.313 e. The third-order valence-corrected chi connectivity index (χ3v) is 10.6. The van der Waals surface area contributed by atoms with Crippen molar-refractivity contribution in [1.29, 1.82) is 0 Å². The second-order valence-corrected chi connectivity index (χ2v) is 13.7. The summed E-state index contributed by atoms with van der Waals surface area (Å²) in [6.07, 6.45) is 6.81. The highest BCUT2D eigenvalue weighted by atomic mass is 16.6. The van der Waals surface area contributed by atoms with Gasteiger partial charge in [-0.25, -0.2) is 0 Å². The minimum atomic E-state index is -1.15. The quantitative estimate of drug-likeness (QED) is 0.120. The number of nitrogens with one attached hydrogen (secondary N) is 1. The number of benzene rings is 1. The van der Waals surface area contributed by atoms with Gasteiger partial charge in [0.15, 0.2) is 0 Å². The molecule has 5 rings (SSSR count). The van der Waals surface area contributed by atoms with E-state index >= 15 is 0 Å². The number of carbonyl (C=O) groups excluding carboxylic acids is 4. The smallest absolute Gasteiger partial charge is 0.313 e. The zero-order chi connectivity index (χ0) is 35.5. The monoisotopic (exact) mass is 694 g/mol. The molecule has 4 aliphatic rings. The van der Waals surface area contributed by atoms with Crippen molar-refractivity contribution in [2.24, 2.45) is 11.8 Å². The molecule has 3 amide bonds. The third kappa shape index (κ3) is 8.47. The van der Waals surface area contributed by atoms with Crippen molar-refractivity contribution in [1.82, 2.24) is 20.0 Å². The number of amides is 3. The minimum absolute atomic E-state index is 0.0778. The second-order valence-electron chi connectivity index (χ2n) is 13.7. The predicted octanol–water partition coefficient (Wildman–Crippen LogP) is 2.63. The Morgan fingerprint density at radius 2 is 1.84 bits per heavy atom. The zero-order valence-electron chi connectivity index (χ0n) is 29.2. The summed E-state index contributed by atoms with van der Waals surface area (Å²) in [5.41, 5.74) is -0.424. The molecule has 0 aromatic heterocycles. The number of aliphatic hydroxyl groups is 1. The van der Waals surface area contributed by atoms with E-state index in [2.05, 4.69) is 23.4 Å². The highest BCUT2D eigenvalue weighted by molar-refractivity contribution is 5.98. The van der Waals surface area contributed by atoms with E-state index < -0.39 is 41.7 Å². The SMILES string of the molecule is C=CCCC(=O)NC[C@@H](OC(=O)[C@@H]1[C@@H]2CC[C@]3(O2)[C@H](C(=O)N(CC=C)CCN2CCOCC2)N(CCCCCCO)C(=O)[C@@H]13)c1ccccc1. The van der Waals surface area contributed by atoms with Gasteiger partial charge < -0.3 is 34.4 Å². The number of likely N-dealkylation sites (tertiary alicyclic amines) is 1. The summed E-state index contributed by atoms with van der Waals surface area (Å²) in [6.45, 7) is 12.5. The first-order chi connectivity index (χ1) is 24.3. The normalized spacial score (nSPS) is 26.3. The number of hydrogen-bond acceptors (Lipinski definition) is 9. The van der Waals surface area contributed by atoms with Crippen LogP contribution in [-0.2, 0) is 33.4 Å². The van der Waals surface area contributed by atoms with Gasteiger partial charge in [-0.15, -0.1) is 13.2 Å². The molecule has 4 fully saturated rings. The molecule has 0 radical (unpaired) electrons. The molecule has 6 atom stereocenters. The number of allylic oxidation sites excluding steroid dienone is 1. The van der Waals surface area contributed by atoms with E-state index in [1.807, 2.05) is 30.3 Å². The van der Waals surface area contributed by atoms with Crippen LogP contribution in [0.3, 0.4) is 0 Å². The number of fused-ring (bicyclic) bond motifs is 1. The van der Waals surface area contributed by atoms with Crippen molar-refractivity contribution in [3.05, 3.63) is 61.2 Å². The molecule has 2 N–H and O–H groups in total. The lowest BCUT2D eigenvalue weighted by molar-refractivity contribution is -0.160. The molecule has 12 nitrogen and oxygen atoms in total. The van der Waals surface area contributed by atoms with Crippen LogP contribution in [0.1, 0.15) is 63.0 Å². The Bertz CT molecular complexity index is 1340. The van der Waals surface area contributed by atoms with Gasteiger partial charge in [0.25, 0.3) is 0 Å². The van der Waals surface area contributed by atoms with Crippen molar-refractivity contribution >= 4 is 23.7 Å². The van der Waals surface area contributed by atoms with Crippen molar-refractivity contribution in [3.63, 3.8) is 0 Å². The molecule has 4 saturated heterocycles. The molecule has 274 valence electrons. The number of nitrogens with zero attached hydrogens (tertiary/aromatic N) is 3. The summed E-state index contributed by atoms with van der Waals surface area (Å²) in [5.74, 6) is -2.92. The average molecular weight is 695 g/mol. The lowest BCUT2D eigenvalue weighted by Gasteiger charge is -2.37. The van der Waals surface area contributed by atoms with E-state index in [-0.39, 0.29) is 37.3 Å². The lowest BCUT2D eigenvalue weighted by atomic mass is 9.70.